The molecule has 0 radical (unpaired) electrons. The van der Waals surface area contributed by atoms with Crippen LogP contribution in [-0.4, -0.2) is 16.3 Å². The van der Waals surface area contributed by atoms with E-state index < -0.39 is 0 Å². The Morgan fingerprint density at radius 3 is 1.64 bits per heavy atom. The first-order valence-corrected chi connectivity index (χ1v) is 6.28. The maximum Gasteiger partial charge on any atom is 0.0807 e. The van der Waals surface area contributed by atoms with E-state index in [9.17, 15) is 0 Å². The number of aliphatic imine (C=N–C) groups is 1. The van der Waals surface area contributed by atoms with Crippen LogP contribution in [0.15, 0.2) is 4.99 Å². The zero-order valence-electron chi connectivity index (χ0n) is 10.6. The molecule has 0 aliphatic carbocycles. The third kappa shape index (κ3) is 1.73. The molecule has 2 heteroatoms. The van der Waals surface area contributed by atoms with Gasteiger partial charge in [0.05, 0.1) is 10.6 Å². The predicted octanol–water partition coefficient (Wildman–Crippen LogP) is 3.98. The van der Waals surface area contributed by atoms with Gasteiger partial charge in [-0.15, -0.1) is 11.8 Å². The van der Waals surface area contributed by atoms with Crippen molar-refractivity contribution in [3.63, 3.8) is 0 Å². The zero-order valence-corrected chi connectivity index (χ0v) is 11.4. The molecule has 1 rings (SSSR count). The molecule has 0 N–H and O–H groups in total. The van der Waals surface area contributed by atoms with Gasteiger partial charge in [0.15, 0.2) is 0 Å². The van der Waals surface area contributed by atoms with Crippen LogP contribution in [0.25, 0.3) is 0 Å². The smallest absolute Gasteiger partial charge is 0.0807 e. The first kappa shape index (κ1) is 12.1. The fourth-order valence-electron chi connectivity index (χ4n) is 2.44. The van der Waals surface area contributed by atoms with E-state index in [1.807, 2.05) is 11.8 Å². The van der Waals surface area contributed by atoms with Crippen molar-refractivity contribution >= 4 is 16.8 Å². The molecule has 0 aromatic carbocycles. The highest BCUT2D eigenvalue weighted by molar-refractivity contribution is 8.14. The van der Waals surface area contributed by atoms with Crippen LogP contribution in [0.1, 0.15) is 48.5 Å². The lowest BCUT2D eigenvalue weighted by molar-refractivity contribution is 0.0875. The second-order valence-electron chi connectivity index (χ2n) is 6.28. The van der Waals surface area contributed by atoms with E-state index in [0.29, 0.717) is 0 Å². The van der Waals surface area contributed by atoms with Gasteiger partial charge < -0.3 is 0 Å². The summed E-state index contributed by atoms with van der Waals surface area (Å²) in [5, 5.41) is 1.25. The van der Waals surface area contributed by atoms with Crippen LogP contribution in [0.4, 0.5) is 0 Å². The summed E-state index contributed by atoms with van der Waals surface area (Å²) in [4.78, 5) is 4.94. The summed E-state index contributed by atoms with van der Waals surface area (Å²) in [5.74, 6) is 1.13. The quantitative estimate of drug-likeness (QED) is 0.593. The molecule has 0 unspecified atom stereocenters. The first-order valence-electron chi connectivity index (χ1n) is 5.29. The van der Waals surface area contributed by atoms with Crippen molar-refractivity contribution in [2.24, 2.45) is 15.8 Å². The summed E-state index contributed by atoms with van der Waals surface area (Å²) < 4.78 is 0. The van der Waals surface area contributed by atoms with Crippen molar-refractivity contribution in [3.8, 4) is 0 Å². The summed E-state index contributed by atoms with van der Waals surface area (Å²) in [5.41, 5.74) is 0.556. The van der Waals surface area contributed by atoms with Gasteiger partial charge in [-0.25, -0.2) is 0 Å². The third-order valence-electron chi connectivity index (χ3n) is 3.32. The van der Waals surface area contributed by atoms with Crippen LogP contribution >= 0.6 is 11.8 Å². The van der Waals surface area contributed by atoms with Gasteiger partial charge >= 0.3 is 0 Å². The molecule has 1 aliphatic rings. The van der Waals surface area contributed by atoms with Crippen LogP contribution in [0.3, 0.4) is 0 Å². The minimum Gasteiger partial charge on any atom is -0.275 e. The van der Waals surface area contributed by atoms with Crippen molar-refractivity contribution < 1.29 is 0 Å². The van der Waals surface area contributed by atoms with E-state index in [-0.39, 0.29) is 16.4 Å². The summed E-state index contributed by atoms with van der Waals surface area (Å²) in [6, 6.07) is 0. The molecule has 14 heavy (non-hydrogen) atoms. The van der Waals surface area contributed by atoms with Gasteiger partial charge in [0.25, 0.3) is 0 Å². The Hall–Kier alpha value is 0.0200. The molecule has 1 heterocycles. The number of nitrogens with zero attached hydrogens (tertiary/aromatic N) is 1. The Morgan fingerprint density at radius 1 is 1.07 bits per heavy atom. The Kier molecular flexibility index (Phi) is 2.82. The van der Waals surface area contributed by atoms with Crippen LogP contribution in [0, 0.1) is 10.8 Å². The van der Waals surface area contributed by atoms with Gasteiger partial charge in [-0.05, 0) is 17.8 Å². The monoisotopic (exact) mass is 213 g/mol. The first-order chi connectivity index (χ1) is 6.10. The van der Waals surface area contributed by atoms with Crippen LogP contribution in [0.2, 0.25) is 0 Å². The number of hydrogen-bond acceptors (Lipinski definition) is 2. The lowest BCUT2D eigenvalue weighted by atomic mass is 9.61. The summed E-state index contributed by atoms with van der Waals surface area (Å²) in [7, 11) is 0. The van der Waals surface area contributed by atoms with E-state index in [1.54, 1.807) is 0 Å². The Bertz CT molecular complexity index is 238. The highest BCUT2D eigenvalue weighted by Crippen LogP contribution is 2.52. The van der Waals surface area contributed by atoms with E-state index in [1.165, 1.54) is 5.04 Å². The van der Waals surface area contributed by atoms with Crippen LogP contribution in [0.5, 0.6) is 0 Å². The average molecular weight is 213 g/mol. The van der Waals surface area contributed by atoms with Crippen LogP contribution in [-0.2, 0) is 0 Å². The van der Waals surface area contributed by atoms with E-state index in [4.69, 9.17) is 4.99 Å². The molecule has 82 valence electrons. The number of thioether (sulfide) groups is 1. The normalized spacial score (nSPS) is 22.4. The van der Waals surface area contributed by atoms with Crippen molar-refractivity contribution in [2.45, 2.75) is 54.0 Å². The maximum atomic E-state index is 4.94. The van der Waals surface area contributed by atoms with Gasteiger partial charge in [0.2, 0.25) is 0 Å². The third-order valence-corrected chi connectivity index (χ3v) is 4.39. The minimum atomic E-state index is 0.0920. The number of rotatable bonds is 0. The van der Waals surface area contributed by atoms with E-state index in [2.05, 4.69) is 48.5 Å². The molecule has 0 spiro atoms. The summed E-state index contributed by atoms with van der Waals surface area (Å²) >= 11 is 1.91. The van der Waals surface area contributed by atoms with E-state index >= 15 is 0 Å². The topological polar surface area (TPSA) is 12.4 Å². The molecule has 0 saturated carbocycles. The second kappa shape index (κ2) is 3.26. The largest absolute Gasteiger partial charge is 0.275 e. The molecular formula is C12H23NS. The molecule has 0 saturated heterocycles. The molecule has 0 amide bonds. The highest BCUT2D eigenvalue weighted by atomic mass is 32.2. The highest BCUT2D eigenvalue weighted by Gasteiger charge is 2.52. The SMILES string of the molecule is CC1=NC(C(C)(C)C)(C(C)(C)C)CS1. The van der Waals surface area contributed by atoms with Crippen molar-refractivity contribution in [1.29, 1.82) is 0 Å². The predicted molar refractivity (Wildman–Crippen MR) is 67.2 cm³/mol. The molecular weight excluding hydrogens is 190 g/mol. The molecule has 0 fully saturated rings. The molecule has 0 bridgehead atoms. The fraction of sp³-hybridized carbons (Fsp3) is 0.917. The van der Waals surface area contributed by atoms with Gasteiger partial charge in [-0.3, -0.25) is 4.99 Å². The van der Waals surface area contributed by atoms with Gasteiger partial charge in [-0.2, -0.15) is 0 Å². The Morgan fingerprint density at radius 2 is 1.50 bits per heavy atom. The Labute approximate surface area is 92.8 Å². The molecule has 0 aromatic heterocycles. The van der Waals surface area contributed by atoms with Gasteiger partial charge in [0.1, 0.15) is 0 Å². The van der Waals surface area contributed by atoms with Crippen molar-refractivity contribution in [1.82, 2.24) is 0 Å². The van der Waals surface area contributed by atoms with Gasteiger partial charge in [-0.1, -0.05) is 41.5 Å². The summed E-state index contributed by atoms with van der Waals surface area (Å²) in [6.45, 7) is 16.0. The maximum absolute atomic E-state index is 4.94. The van der Waals surface area contributed by atoms with Crippen LogP contribution < -0.4 is 0 Å². The molecule has 0 atom stereocenters. The molecule has 1 aliphatic heterocycles. The standard InChI is InChI=1S/C12H23NS/c1-9-13-12(8-14-9,10(2,3)4)11(5,6)7/h8H2,1-7H3. The molecule has 1 nitrogen and oxygen atoms in total. The van der Waals surface area contributed by atoms with E-state index in [0.717, 1.165) is 5.75 Å². The van der Waals surface area contributed by atoms with Crippen molar-refractivity contribution in [3.05, 3.63) is 0 Å². The zero-order chi connectivity index (χ0) is 11.2. The number of hydrogen-bond donors (Lipinski definition) is 0. The molecule has 0 aromatic rings. The minimum absolute atomic E-state index is 0.0920. The average Bonchev–Trinajstić information content (AvgIpc) is 2.28. The lowest BCUT2D eigenvalue weighted by Crippen LogP contribution is -2.52. The fourth-order valence-corrected chi connectivity index (χ4v) is 4.00. The van der Waals surface area contributed by atoms with Gasteiger partial charge in [0, 0.05) is 5.75 Å². The van der Waals surface area contributed by atoms with Crippen molar-refractivity contribution in [2.75, 3.05) is 5.75 Å². The second-order valence-corrected chi connectivity index (χ2v) is 7.45. The Balaban J connectivity index is 3.19. The lowest BCUT2D eigenvalue weighted by Gasteiger charge is -2.48. The summed E-state index contributed by atoms with van der Waals surface area (Å²) in [6.07, 6.45) is 0.